The van der Waals surface area contributed by atoms with Crippen molar-refractivity contribution in [3.63, 3.8) is 0 Å². The van der Waals surface area contributed by atoms with Gasteiger partial charge < -0.3 is 34.6 Å². The number of anilines is 2. The van der Waals surface area contributed by atoms with E-state index in [1.165, 1.54) is 54.4 Å². The maximum atomic E-state index is 13.2. The second-order valence-corrected chi connectivity index (χ2v) is 13.9. The van der Waals surface area contributed by atoms with E-state index in [9.17, 15) is 15.0 Å². The van der Waals surface area contributed by atoms with E-state index in [2.05, 4.69) is 82.0 Å². The summed E-state index contributed by atoms with van der Waals surface area (Å²) in [5.41, 5.74) is 4.52. The highest BCUT2D eigenvalue weighted by molar-refractivity contribution is 6.05. The molecule has 0 spiro atoms. The number of ether oxygens (including phenoxy) is 1. The van der Waals surface area contributed by atoms with Gasteiger partial charge in [0.2, 0.25) is 0 Å². The normalized spacial score (nSPS) is 12.4. The van der Waals surface area contributed by atoms with Gasteiger partial charge in [0.25, 0.3) is 5.91 Å². The lowest BCUT2D eigenvalue weighted by atomic mass is 10.0. The molecule has 1 amide bonds. The average molecular weight is 725 g/mol. The lowest BCUT2D eigenvalue weighted by Crippen LogP contribution is -2.32. The van der Waals surface area contributed by atoms with Crippen molar-refractivity contribution in [2.75, 3.05) is 29.9 Å². The third-order valence-electron chi connectivity index (χ3n) is 9.69. The summed E-state index contributed by atoms with van der Waals surface area (Å²) in [5, 5.41) is 25.4. The van der Waals surface area contributed by atoms with E-state index in [-0.39, 0.29) is 22.9 Å². The number of allylic oxidation sites excluding steroid dienone is 1. The predicted octanol–water partition coefficient (Wildman–Crippen LogP) is 11.8. The van der Waals surface area contributed by atoms with Crippen molar-refractivity contribution >= 4 is 28.2 Å². The van der Waals surface area contributed by atoms with Crippen LogP contribution in [0, 0.1) is 25.7 Å². The molecule has 4 aromatic rings. The number of benzene rings is 3. The van der Waals surface area contributed by atoms with Crippen LogP contribution in [0.25, 0.3) is 10.9 Å². The fraction of sp³-hybridized carbons (Fsp3) is 0.444. The largest absolute Gasteiger partial charge is 0.506 e. The van der Waals surface area contributed by atoms with E-state index in [1.54, 1.807) is 29.3 Å². The first-order chi connectivity index (χ1) is 25.5. The van der Waals surface area contributed by atoms with Crippen molar-refractivity contribution in [2.24, 2.45) is 11.8 Å². The van der Waals surface area contributed by atoms with Crippen molar-refractivity contribution in [1.29, 1.82) is 0 Å². The predicted molar refractivity (Wildman–Crippen MR) is 224 cm³/mol. The van der Waals surface area contributed by atoms with Crippen LogP contribution in [0.3, 0.4) is 0 Å². The molecule has 8 nitrogen and oxygen atoms in total. The number of aromatic nitrogens is 1. The fourth-order valence-corrected chi connectivity index (χ4v) is 6.52. The Morgan fingerprint density at radius 3 is 2.28 bits per heavy atom. The smallest absolute Gasteiger partial charge is 0.255 e. The van der Waals surface area contributed by atoms with Gasteiger partial charge in [0.1, 0.15) is 28.7 Å². The molecular weight excluding hydrogens is 661 g/mol. The summed E-state index contributed by atoms with van der Waals surface area (Å²) in [6.07, 6.45) is 10.6. The molecule has 0 radical (unpaired) electrons. The first kappa shape index (κ1) is 42.7. The van der Waals surface area contributed by atoms with Gasteiger partial charge in [-0.05, 0) is 100.0 Å². The van der Waals surface area contributed by atoms with Crippen LogP contribution < -0.4 is 15.0 Å². The van der Waals surface area contributed by atoms with Crippen LogP contribution in [-0.2, 0) is 6.54 Å². The summed E-state index contributed by atoms with van der Waals surface area (Å²) in [6, 6.07) is 16.0. The highest BCUT2D eigenvalue weighted by Gasteiger charge is 2.18. The minimum Gasteiger partial charge on any atom is -0.506 e. The summed E-state index contributed by atoms with van der Waals surface area (Å²) in [5.74, 6) is 1.70. The molecule has 0 fully saturated rings. The Bertz CT molecular complexity index is 1790. The molecule has 0 aliphatic carbocycles. The highest BCUT2D eigenvalue weighted by atomic mass is 16.5. The Balaban J connectivity index is 0.00000372. The molecule has 3 aromatic carbocycles. The van der Waals surface area contributed by atoms with Crippen molar-refractivity contribution in [2.45, 2.75) is 101 Å². The molecule has 3 N–H and O–H groups in total. The monoisotopic (exact) mass is 724 g/mol. The molecule has 288 valence electrons. The molecule has 4 rings (SSSR count). The molecule has 0 aliphatic heterocycles. The third kappa shape index (κ3) is 11.6. The van der Waals surface area contributed by atoms with Gasteiger partial charge in [0.15, 0.2) is 0 Å². The van der Waals surface area contributed by atoms with Crippen molar-refractivity contribution in [1.82, 2.24) is 9.47 Å². The number of aromatic hydroxyl groups is 2. The molecule has 0 aliphatic rings. The van der Waals surface area contributed by atoms with Gasteiger partial charge in [-0.2, -0.15) is 0 Å². The number of aryl methyl sites for hydroxylation is 1. The zero-order valence-electron chi connectivity index (χ0n) is 33.7. The van der Waals surface area contributed by atoms with Gasteiger partial charge in [-0.1, -0.05) is 80.0 Å². The van der Waals surface area contributed by atoms with Crippen LogP contribution in [0.15, 0.2) is 79.7 Å². The molecule has 8 heteroatoms. The van der Waals surface area contributed by atoms with E-state index < -0.39 is 5.91 Å². The first-order valence-electron chi connectivity index (χ1n) is 19.5. The number of carbonyl (C=O) groups is 1. The van der Waals surface area contributed by atoms with Crippen molar-refractivity contribution < 1.29 is 19.7 Å². The van der Waals surface area contributed by atoms with E-state index in [1.807, 2.05) is 32.1 Å². The number of hydrogen-bond donors (Lipinski definition) is 3. The molecule has 0 saturated carbocycles. The quantitative estimate of drug-likeness (QED) is 0.0892. The van der Waals surface area contributed by atoms with Gasteiger partial charge in [0, 0.05) is 65.5 Å². The third-order valence-corrected chi connectivity index (χ3v) is 9.69. The van der Waals surface area contributed by atoms with Crippen LogP contribution in [0.4, 0.5) is 11.4 Å². The van der Waals surface area contributed by atoms with E-state index >= 15 is 0 Å². The van der Waals surface area contributed by atoms with Gasteiger partial charge in [-0.15, -0.1) is 0 Å². The summed E-state index contributed by atoms with van der Waals surface area (Å²) < 4.78 is 8.73. The average Bonchev–Trinajstić information content (AvgIpc) is 3.37. The Morgan fingerprint density at radius 2 is 1.64 bits per heavy atom. The SMILES string of the molecule is C=CN(/C=C\CCC)c1c(O)cc(NC(=O)c2cccc(Oc3ccc4c(c3)c(C)c(C)n4CC(C)CN(CCC)CCC(C)CC)c2)cc1O.CC. The van der Waals surface area contributed by atoms with Crippen LogP contribution in [0.5, 0.6) is 23.0 Å². The number of nitrogens with one attached hydrogen (secondary N) is 1. The summed E-state index contributed by atoms with van der Waals surface area (Å²) in [4.78, 5) is 17.4. The molecular formula is C45H64N4O4. The Kier molecular flexibility index (Phi) is 17.0. The lowest BCUT2D eigenvalue weighted by molar-refractivity contribution is 0.102. The fourth-order valence-electron chi connectivity index (χ4n) is 6.52. The highest BCUT2D eigenvalue weighted by Crippen LogP contribution is 2.40. The number of carbonyl (C=O) groups excluding carboxylic acids is 1. The number of phenolic OH excluding ortho intramolecular Hbond substituents is 2. The topological polar surface area (TPSA) is 90.2 Å². The standard InChI is InChI=1S/C43H58N4O4.C2H6/c1-9-13-14-22-46(12-4)42-40(48)25-35(26-41(42)49)44-43(50)34-16-15-17-36(24-34)51-37-18-19-39-38(27-37)32(7)33(8)47(39)29-31(6)28-45(21-10-2)23-20-30(5)11-3;1-2/h12,14-19,22,24-27,30-31,48-49H,4,9-11,13,20-21,23,28-29H2,1-3,5-8H3,(H,44,50);1-2H3/b22-14-;. The zero-order valence-corrected chi connectivity index (χ0v) is 33.7. The number of hydrogen-bond acceptors (Lipinski definition) is 6. The maximum Gasteiger partial charge on any atom is 0.255 e. The van der Waals surface area contributed by atoms with Crippen molar-refractivity contribution in [3.05, 3.63) is 96.5 Å². The molecule has 2 unspecified atom stereocenters. The summed E-state index contributed by atoms with van der Waals surface area (Å²) in [6.45, 7) is 27.8. The number of rotatable bonds is 19. The number of fused-ring (bicyclic) bond motifs is 1. The van der Waals surface area contributed by atoms with E-state index in [4.69, 9.17) is 4.74 Å². The van der Waals surface area contributed by atoms with Gasteiger partial charge >= 0.3 is 0 Å². The first-order valence-corrected chi connectivity index (χ1v) is 19.5. The Labute approximate surface area is 318 Å². The zero-order chi connectivity index (χ0) is 39.1. The van der Waals surface area contributed by atoms with E-state index in [0.29, 0.717) is 23.0 Å². The molecule has 2 atom stereocenters. The van der Waals surface area contributed by atoms with E-state index in [0.717, 1.165) is 50.3 Å². The molecule has 0 bridgehead atoms. The molecule has 53 heavy (non-hydrogen) atoms. The Morgan fingerprint density at radius 1 is 0.943 bits per heavy atom. The minimum absolute atomic E-state index is 0.184. The second kappa shape index (κ2) is 21.1. The number of nitrogens with zero attached hydrogens (tertiary/aromatic N) is 3. The number of unbranched alkanes of at least 4 members (excludes halogenated alkanes) is 1. The summed E-state index contributed by atoms with van der Waals surface area (Å²) in [7, 11) is 0. The lowest BCUT2D eigenvalue weighted by Gasteiger charge is -2.27. The Hall–Kier alpha value is -4.69. The molecule has 1 heterocycles. The number of phenols is 2. The van der Waals surface area contributed by atoms with Crippen LogP contribution >= 0.6 is 0 Å². The van der Waals surface area contributed by atoms with Gasteiger partial charge in [-0.25, -0.2) is 0 Å². The number of amides is 1. The maximum absolute atomic E-state index is 13.2. The van der Waals surface area contributed by atoms with Crippen molar-refractivity contribution in [3.8, 4) is 23.0 Å². The van der Waals surface area contributed by atoms with Gasteiger partial charge in [-0.3, -0.25) is 4.79 Å². The molecule has 1 aromatic heterocycles. The van der Waals surface area contributed by atoms with Crippen LogP contribution in [-0.4, -0.2) is 45.2 Å². The van der Waals surface area contributed by atoms with Gasteiger partial charge in [0.05, 0.1) is 0 Å². The summed E-state index contributed by atoms with van der Waals surface area (Å²) >= 11 is 0. The van der Waals surface area contributed by atoms with Crippen LogP contribution in [0.2, 0.25) is 0 Å². The second-order valence-electron chi connectivity index (χ2n) is 13.9. The van der Waals surface area contributed by atoms with Crippen LogP contribution in [0.1, 0.15) is 102 Å². The minimum atomic E-state index is -0.402. The molecule has 0 saturated heterocycles.